The van der Waals surface area contributed by atoms with E-state index in [1.807, 2.05) is 0 Å². The van der Waals surface area contributed by atoms with Crippen LogP contribution in [0, 0.1) is 5.92 Å². The van der Waals surface area contributed by atoms with Gasteiger partial charge in [-0.2, -0.15) is 4.31 Å². The molecule has 0 radical (unpaired) electrons. The topological polar surface area (TPSA) is 95.6 Å². The number of benzene rings is 1. The summed E-state index contributed by atoms with van der Waals surface area (Å²) in [6.07, 6.45) is 3.50. The molecule has 1 fully saturated rings. The normalized spacial score (nSPS) is 16.3. The molecule has 7 nitrogen and oxygen atoms in total. The van der Waals surface area contributed by atoms with E-state index in [2.05, 4.69) is 17.2 Å². The van der Waals surface area contributed by atoms with Gasteiger partial charge in [0.05, 0.1) is 9.90 Å². The van der Waals surface area contributed by atoms with E-state index in [-0.39, 0.29) is 29.8 Å². The first-order valence-electron chi connectivity index (χ1n) is 9.30. The predicted molar refractivity (Wildman–Crippen MR) is 111 cm³/mol. The fraction of sp³-hybridized carbons (Fsp3) is 0.300. The Morgan fingerprint density at radius 3 is 2.55 bits per heavy atom. The van der Waals surface area contributed by atoms with Crippen molar-refractivity contribution < 1.29 is 18.0 Å². The van der Waals surface area contributed by atoms with Crippen LogP contribution in [0.15, 0.2) is 47.9 Å². The molecule has 1 aromatic heterocycles. The monoisotopic (exact) mass is 431 g/mol. The molecule has 0 saturated heterocycles. The van der Waals surface area contributed by atoms with Crippen LogP contribution in [0.25, 0.3) is 0 Å². The summed E-state index contributed by atoms with van der Waals surface area (Å²) >= 11 is 1.36. The number of rotatable bonds is 7. The third-order valence-electron chi connectivity index (χ3n) is 5.00. The standard InChI is InChI=1S/C20H21N3O4S2/c1-2-18(24)22-19-9-15-11-23(12-17(15)28-19)29(26,27)16-7-5-14(6-8-16)20(25)21-10-13-3-4-13/h2,5-9,13H,1,3-4,10-12H2,(H,21,25)(H,22,24). The Labute approximate surface area is 173 Å². The molecule has 1 aliphatic carbocycles. The van der Waals surface area contributed by atoms with Gasteiger partial charge in [-0.05, 0) is 60.7 Å². The molecule has 2 aromatic rings. The van der Waals surface area contributed by atoms with Gasteiger partial charge in [0.1, 0.15) is 0 Å². The number of amides is 2. The van der Waals surface area contributed by atoms with Crippen molar-refractivity contribution in [1.29, 1.82) is 0 Å². The SMILES string of the molecule is C=CC(=O)Nc1cc2c(s1)CN(S(=O)(=O)c1ccc(C(=O)NCC3CC3)cc1)C2. The fourth-order valence-electron chi connectivity index (χ4n) is 3.13. The first kappa shape index (κ1) is 19.8. The lowest BCUT2D eigenvalue weighted by Crippen LogP contribution is -2.27. The molecule has 2 heterocycles. The average Bonchev–Trinajstić information content (AvgIpc) is 3.34. The minimum absolute atomic E-state index is 0.159. The highest BCUT2D eigenvalue weighted by atomic mass is 32.2. The molecular weight excluding hydrogens is 410 g/mol. The van der Waals surface area contributed by atoms with Crippen LogP contribution in [0.3, 0.4) is 0 Å². The zero-order valence-corrected chi connectivity index (χ0v) is 17.3. The summed E-state index contributed by atoms with van der Waals surface area (Å²) in [5.74, 6) is 0.106. The van der Waals surface area contributed by atoms with Crippen LogP contribution in [0.1, 0.15) is 33.6 Å². The highest BCUT2D eigenvalue weighted by Gasteiger charge is 2.32. The van der Waals surface area contributed by atoms with E-state index in [9.17, 15) is 18.0 Å². The predicted octanol–water partition coefficient (Wildman–Crippen LogP) is 2.72. The van der Waals surface area contributed by atoms with Crippen LogP contribution < -0.4 is 10.6 Å². The van der Waals surface area contributed by atoms with Gasteiger partial charge >= 0.3 is 0 Å². The zero-order chi connectivity index (χ0) is 20.6. The summed E-state index contributed by atoms with van der Waals surface area (Å²) in [4.78, 5) is 24.6. The third kappa shape index (κ3) is 4.26. The van der Waals surface area contributed by atoms with Gasteiger partial charge in [0.15, 0.2) is 0 Å². The largest absolute Gasteiger partial charge is 0.352 e. The van der Waals surface area contributed by atoms with Gasteiger partial charge in [-0.3, -0.25) is 9.59 Å². The molecule has 2 N–H and O–H groups in total. The van der Waals surface area contributed by atoms with Gasteiger partial charge in [0, 0.05) is 30.1 Å². The minimum Gasteiger partial charge on any atom is -0.352 e. The summed E-state index contributed by atoms with van der Waals surface area (Å²) in [5, 5.41) is 6.25. The Balaban J connectivity index is 1.42. The van der Waals surface area contributed by atoms with Gasteiger partial charge in [0.25, 0.3) is 5.91 Å². The molecule has 1 aliphatic heterocycles. The molecule has 1 saturated carbocycles. The molecular formula is C20H21N3O4S2. The summed E-state index contributed by atoms with van der Waals surface area (Å²) in [6, 6.07) is 7.84. The summed E-state index contributed by atoms with van der Waals surface area (Å²) < 4.78 is 27.3. The molecule has 1 aromatic carbocycles. The van der Waals surface area contributed by atoms with E-state index in [1.165, 1.54) is 33.9 Å². The number of carbonyl (C=O) groups excluding carboxylic acids is 2. The van der Waals surface area contributed by atoms with E-state index < -0.39 is 10.0 Å². The van der Waals surface area contributed by atoms with E-state index in [0.717, 1.165) is 23.3 Å². The maximum Gasteiger partial charge on any atom is 0.251 e. The number of sulfonamides is 1. The van der Waals surface area contributed by atoms with Gasteiger partial charge in [-0.1, -0.05) is 6.58 Å². The van der Waals surface area contributed by atoms with E-state index >= 15 is 0 Å². The summed E-state index contributed by atoms with van der Waals surface area (Å²) in [5.41, 5.74) is 1.33. The van der Waals surface area contributed by atoms with Crippen LogP contribution in [-0.4, -0.2) is 31.1 Å². The zero-order valence-electron chi connectivity index (χ0n) is 15.7. The molecule has 0 atom stereocenters. The Morgan fingerprint density at radius 1 is 1.21 bits per heavy atom. The summed E-state index contributed by atoms with van der Waals surface area (Å²) in [7, 11) is -3.67. The Morgan fingerprint density at radius 2 is 1.93 bits per heavy atom. The van der Waals surface area contributed by atoms with Gasteiger partial charge < -0.3 is 10.6 Å². The first-order valence-corrected chi connectivity index (χ1v) is 11.6. The van der Waals surface area contributed by atoms with Crippen molar-refractivity contribution in [3.8, 4) is 0 Å². The number of thiophene rings is 1. The maximum atomic E-state index is 13.0. The molecule has 2 amide bonds. The molecule has 0 unspecified atom stereocenters. The van der Waals surface area contributed by atoms with Crippen LogP contribution in [-0.2, 0) is 27.9 Å². The van der Waals surface area contributed by atoms with Gasteiger partial charge in [-0.25, -0.2) is 8.42 Å². The summed E-state index contributed by atoms with van der Waals surface area (Å²) in [6.45, 7) is 4.60. The van der Waals surface area contributed by atoms with Gasteiger partial charge in [0.2, 0.25) is 15.9 Å². The number of hydrogen-bond acceptors (Lipinski definition) is 5. The molecule has 0 spiro atoms. The molecule has 2 aliphatic rings. The van der Waals surface area contributed by atoms with Crippen molar-refractivity contribution in [2.45, 2.75) is 30.8 Å². The lowest BCUT2D eigenvalue weighted by atomic mass is 10.2. The average molecular weight is 432 g/mol. The van der Waals surface area contributed by atoms with Crippen molar-refractivity contribution in [3.05, 3.63) is 59.0 Å². The minimum atomic E-state index is -3.67. The number of nitrogens with zero attached hydrogens (tertiary/aromatic N) is 1. The highest BCUT2D eigenvalue weighted by molar-refractivity contribution is 7.89. The van der Waals surface area contributed by atoms with E-state index in [0.29, 0.717) is 23.0 Å². The highest BCUT2D eigenvalue weighted by Crippen LogP contribution is 2.36. The van der Waals surface area contributed by atoms with Crippen molar-refractivity contribution in [2.75, 3.05) is 11.9 Å². The molecule has 29 heavy (non-hydrogen) atoms. The second kappa shape index (κ2) is 7.74. The lowest BCUT2D eigenvalue weighted by Gasteiger charge is -2.16. The van der Waals surface area contributed by atoms with Crippen molar-refractivity contribution in [1.82, 2.24) is 9.62 Å². The Kier molecular flexibility index (Phi) is 5.28. The Hall–Kier alpha value is -2.49. The van der Waals surface area contributed by atoms with Gasteiger partial charge in [-0.15, -0.1) is 11.3 Å². The maximum absolute atomic E-state index is 13.0. The van der Waals surface area contributed by atoms with Crippen molar-refractivity contribution in [3.63, 3.8) is 0 Å². The van der Waals surface area contributed by atoms with Crippen LogP contribution >= 0.6 is 11.3 Å². The molecule has 152 valence electrons. The number of anilines is 1. The Bertz CT molecular complexity index is 1050. The first-order chi connectivity index (χ1) is 13.9. The molecule has 0 bridgehead atoms. The number of fused-ring (bicyclic) bond motifs is 1. The van der Waals surface area contributed by atoms with Crippen LogP contribution in [0.5, 0.6) is 0 Å². The smallest absolute Gasteiger partial charge is 0.251 e. The van der Waals surface area contributed by atoms with Crippen LogP contribution in [0.4, 0.5) is 5.00 Å². The van der Waals surface area contributed by atoms with Crippen LogP contribution in [0.2, 0.25) is 0 Å². The fourth-order valence-corrected chi connectivity index (χ4v) is 5.69. The molecule has 9 heteroatoms. The van der Waals surface area contributed by atoms with Crippen molar-refractivity contribution >= 4 is 38.2 Å². The number of carbonyl (C=O) groups is 2. The quantitative estimate of drug-likeness (QED) is 0.659. The second-order valence-corrected chi connectivity index (χ2v) is 10.3. The van der Waals surface area contributed by atoms with E-state index in [4.69, 9.17) is 0 Å². The number of nitrogens with one attached hydrogen (secondary N) is 2. The lowest BCUT2D eigenvalue weighted by molar-refractivity contribution is -0.111. The molecule has 4 rings (SSSR count). The third-order valence-corrected chi connectivity index (χ3v) is 7.88. The number of hydrogen-bond donors (Lipinski definition) is 2. The second-order valence-electron chi connectivity index (χ2n) is 7.20. The van der Waals surface area contributed by atoms with Crippen molar-refractivity contribution in [2.24, 2.45) is 5.92 Å². The van der Waals surface area contributed by atoms with E-state index in [1.54, 1.807) is 18.2 Å².